The van der Waals surface area contributed by atoms with Crippen molar-refractivity contribution in [2.75, 3.05) is 33.0 Å². The summed E-state index contributed by atoms with van der Waals surface area (Å²) in [5.41, 5.74) is 11.1. The van der Waals surface area contributed by atoms with E-state index in [1.54, 1.807) is 0 Å². The molecule has 13 rings (SSSR count). The summed E-state index contributed by atoms with van der Waals surface area (Å²) in [6.45, 7) is 4.23. The second-order valence-corrected chi connectivity index (χ2v) is 27.7. The van der Waals surface area contributed by atoms with Gasteiger partial charge < -0.3 is 76.9 Å². The van der Waals surface area contributed by atoms with Gasteiger partial charge in [-0.2, -0.15) is 0 Å². The van der Waals surface area contributed by atoms with Crippen molar-refractivity contribution in [3.63, 3.8) is 0 Å². The van der Waals surface area contributed by atoms with Crippen LogP contribution in [0.4, 0.5) is 9.59 Å². The molecule has 112 heavy (non-hydrogen) atoms. The Labute approximate surface area is 654 Å². The minimum absolute atomic E-state index is 0.00191. The first kappa shape index (κ1) is 79.6. The first-order valence-corrected chi connectivity index (χ1v) is 38.2. The molecule has 2 saturated heterocycles. The van der Waals surface area contributed by atoms with Gasteiger partial charge in [0.25, 0.3) is 0 Å². The Morgan fingerprint density at radius 2 is 0.732 bits per heavy atom. The highest BCUT2D eigenvalue weighted by Crippen LogP contribution is 2.45. The number of amides is 2. The molecule has 0 aromatic heterocycles. The first-order chi connectivity index (χ1) is 55.2. The van der Waals surface area contributed by atoms with Crippen molar-refractivity contribution >= 4 is 18.2 Å². The molecule has 2 fully saturated rings. The zero-order valence-electron chi connectivity index (χ0n) is 62.5. The summed E-state index contributed by atoms with van der Waals surface area (Å²) in [7, 11) is 0. The van der Waals surface area contributed by atoms with Gasteiger partial charge in [-0.15, -0.1) is 0 Å². The number of hydrogen-bond acceptors (Lipinski definition) is 17. The highest BCUT2D eigenvalue weighted by atomic mass is 16.8. The fraction of sp³-hybridized carbons (Fsp3) is 0.301. The number of alkyl carbamates (subject to hydrolysis) is 2. The number of rotatable bonds is 40. The molecule has 0 spiro atoms. The molecule has 10 aromatic carbocycles. The van der Waals surface area contributed by atoms with E-state index in [-0.39, 0.29) is 105 Å². The number of hydrogen-bond donors (Lipinski definition) is 2. The third kappa shape index (κ3) is 23.1. The van der Waals surface area contributed by atoms with Crippen LogP contribution in [0.3, 0.4) is 0 Å². The van der Waals surface area contributed by atoms with Crippen LogP contribution < -0.4 is 10.6 Å². The first-order valence-electron chi connectivity index (χ1n) is 38.2. The molecule has 2 aliphatic heterocycles. The molecular weight excluding hydrogens is 1420 g/mol. The largest absolute Gasteiger partial charge is 0.460 e. The normalized spacial score (nSPS) is 20.4. The summed E-state index contributed by atoms with van der Waals surface area (Å²) in [6.07, 6.45) is -12.6. The molecule has 3 aliphatic rings. The Balaban J connectivity index is 0.900. The van der Waals surface area contributed by atoms with E-state index in [0.29, 0.717) is 0 Å². The number of ether oxygens (including phenoxy) is 14. The van der Waals surface area contributed by atoms with Gasteiger partial charge in [0.15, 0.2) is 12.6 Å². The van der Waals surface area contributed by atoms with Crippen molar-refractivity contribution in [1.29, 1.82) is 0 Å². The molecule has 0 saturated carbocycles. The zero-order valence-corrected chi connectivity index (χ0v) is 62.5. The van der Waals surface area contributed by atoms with Gasteiger partial charge in [-0.1, -0.05) is 304 Å². The third-order valence-corrected chi connectivity index (χ3v) is 19.7. The molecule has 2 N–H and O–H groups in total. The van der Waals surface area contributed by atoms with Gasteiger partial charge in [0.05, 0.1) is 65.6 Å². The topological polar surface area (TPSA) is 204 Å². The fourth-order valence-corrected chi connectivity index (χ4v) is 14.1. The number of esters is 1. The summed E-state index contributed by atoms with van der Waals surface area (Å²) in [4.78, 5) is 43.0. The lowest BCUT2D eigenvalue weighted by atomic mass is 9.95. The molecule has 1 aliphatic carbocycles. The number of fused-ring (bicyclic) bond motifs is 3. The lowest BCUT2D eigenvalue weighted by Crippen LogP contribution is -2.66. The van der Waals surface area contributed by atoms with E-state index in [9.17, 15) is 14.4 Å². The smallest absolute Gasteiger partial charge is 0.407 e. The highest BCUT2D eigenvalue weighted by molar-refractivity contribution is 5.82. The molecule has 2 heterocycles. The molecule has 2 amide bonds. The maximum Gasteiger partial charge on any atom is 0.407 e. The van der Waals surface area contributed by atoms with E-state index in [1.165, 1.54) is 6.08 Å². The summed E-state index contributed by atoms with van der Waals surface area (Å²) in [6, 6.07) is 92.8. The number of benzene rings is 10. The summed E-state index contributed by atoms with van der Waals surface area (Å²) >= 11 is 0. The van der Waals surface area contributed by atoms with Gasteiger partial charge in [0, 0.05) is 12.5 Å². The maximum atomic E-state index is 14.5. The van der Waals surface area contributed by atoms with Crippen molar-refractivity contribution < 1.29 is 80.7 Å². The summed E-state index contributed by atoms with van der Waals surface area (Å²) in [5.74, 6) is -1.04. The Morgan fingerprint density at radius 1 is 0.366 bits per heavy atom. The molecule has 12 atom stereocenters. The minimum Gasteiger partial charge on any atom is -0.460 e. The van der Waals surface area contributed by atoms with Crippen LogP contribution in [0.2, 0.25) is 0 Å². The monoisotopic (exact) mass is 1510 g/mol. The van der Waals surface area contributed by atoms with Gasteiger partial charge in [0.2, 0.25) is 0 Å². The molecule has 0 unspecified atom stereocenters. The average Bonchev–Trinajstić information content (AvgIpc) is 1.37. The van der Waals surface area contributed by atoms with Crippen molar-refractivity contribution in [3.8, 4) is 11.1 Å². The SMILES string of the molecule is C=CCOC(=O)[C@H](CC[C@H](CNC(=O)OCc1ccccc1)O[C@@H]1O[C@H](COCc2ccccc2)[C@H](OCc2ccccc2)[C@H](OCc2ccccc2)[C@H]1O[C@H]1O[C@H](COCc2ccccc2)[C@@H](OCc2ccccc2)[C@H](OCc2ccccc2)[C@H]1OCc1ccccc1)NC(=O)OCC1c2ccccc2-c2ccccc21. The molecule has 19 nitrogen and oxygen atoms in total. The predicted octanol–water partition coefficient (Wildman–Crippen LogP) is 15.9. The summed E-state index contributed by atoms with van der Waals surface area (Å²) in [5, 5.41) is 5.78. The van der Waals surface area contributed by atoms with Crippen molar-refractivity contribution in [3.05, 3.63) is 359 Å². The van der Waals surface area contributed by atoms with E-state index in [1.807, 2.05) is 279 Å². The third-order valence-electron chi connectivity index (χ3n) is 19.7. The van der Waals surface area contributed by atoms with E-state index in [2.05, 4.69) is 29.3 Å². The molecule has 0 radical (unpaired) electrons. The second kappa shape index (κ2) is 42.2. The van der Waals surface area contributed by atoms with E-state index in [0.717, 1.165) is 66.8 Å². The standard InChI is InChI=1S/C93H96N2O17/c1-2-53-101-89(96)80(95-93(98)108-63-79-77-49-29-27-47-75(77)76-48-28-30-50-78(76)79)52-51-74(54-94-92(97)107-62-73-45-25-10-26-46-73)109-91-88(86(105-60-71-41-21-8-22-42-71)84(103-58-69-37-17-6-18-38-69)82(111-91)65-100-56-67-33-13-4-14-34-67)112-90-87(106-61-72-43-23-9-24-44-72)85(104-59-70-39-19-7-20-40-70)83(102-57-68-35-15-5-16-36-68)81(110-90)64-99-55-66-31-11-3-12-32-66/h2-50,74,79-88,90-91H,1,51-65H2,(H,94,97)(H,95,98)/t74-,80+,81-,82-,83-,84+,85+,86+,87-,88-,90-,91-/m1/s1. The van der Waals surface area contributed by atoms with Gasteiger partial charge in [-0.25, -0.2) is 14.4 Å². The van der Waals surface area contributed by atoms with E-state index >= 15 is 0 Å². The zero-order chi connectivity index (χ0) is 76.7. The number of carbonyl (C=O) groups is 3. The van der Waals surface area contributed by atoms with Crippen LogP contribution in [0.25, 0.3) is 11.1 Å². The Morgan fingerprint density at radius 3 is 1.16 bits per heavy atom. The molecule has 10 aromatic rings. The molecule has 19 heteroatoms. The van der Waals surface area contributed by atoms with Crippen LogP contribution in [-0.4, -0.2) is 125 Å². The van der Waals surface area contributed by atoms with E-state index in [4.69, 9.17) is 66.3 Å². The molecule has 580 valence electrons. The quantitative estimate of drug-likeness (QED) is 0.0208. The van der Waals surface area contributed by atoms with Crippen LogP contribution in [0.15, 0.2) is 304 Å². The van der Waals surface area contributed by atoms with Crippen LogP contribution in [0.5, 0.6) is 0 Å². The lowest BCUT2D eigenvalue weighted by Gasteiger charge is -2.50. The van der Waals surface area contributed by atoms with Gasteiger partial charge in [-0.3, -0.25) is 0 Å². The summed E-state index contributed by atoms with van der Waals surface area (Å²) < 4.78 is 97.6. The Hall–Kier alpha value is -10.5. The van der Waals surface area contributed by atoms with Gasteiger partial charge in [0.1, 0.15) is 74.7 Å². The van der Waals surface area contributed by atoms with Crippen molar-refractivity contribution in [2.45, 2.75) is 145 Å². The van der Waals surface area contributed by atoms with Crippen molar-refractivity contribution in [1.82, 2.24) is 10.6 Å². The Bertz CT molecular complexity index is 4400. The Kier molecular flexibility index (Phi) is 30.0. The van der Waals surface area contributed by atoms with Crippen LogP contribution >= 0.6 is 0 Å². The number of carbonyl (C=O) groups excluding carboxylic acids is 3. The van der Waals surface area contributed by atoms with Crippen LogP contribution in [0, 0.1) is 0 Å². The predicted molar refractivity (Wildman–Crippen MR) is 421 cm³/mol. The maximum absolute atomic E-state index is 14.5. The van der Waals surface area contributed by atoms with Crippen LogP contribution in [0.1, 0.15) is 74.4 Å². The van der Waals surface area contributed by atoms with E-state index < -0.39 is 91.7 Å². The highest BCUT2D eigenvalue weighted by Gasteiger charge is 2.55. The van der Waals surface area contributed by atoms with Crippen LogP contribution in [-0.2, 0) is 124 Å². The molecular formula is C93H96N2O17. The fourth-order valence-electron chi connectivity index (χ4n) is 14.1. The minimum atomic E-state index is -1.49. The van der Waals surface area contributed by atoms with Crippen molar-refractivity contribution in [2.24, 2.45) is 0 Å². The lowest BCUT2D eigenvalue weighted by molar-refractivity contribution is -0.387. The molecule has 0 bridgehead atoms. The number of nitrogens with one attached hydrogen (secondary N) is 2. The van der Waals surface area contributed by atoms with Gasteiger partial charge in [-0.05, 0) is 79.6 Å². The second-order valence-electron chi connectivity index (χ2n) is 27.7. The average molecular weight is 1510 g/mol. The van der Waals surface area contributed by atoms with Gasteiger partial charge >= 0.3 is 18.2 Å².